The summed E-state index contributed by atoms with van der Waals surface area (Å²) in [6, 6.07) is 4.70. The highest BCUT2D eigenvalue weighted by Crippen LogP contribution is 2.17. The van der Waals surface area contributed by atoms with Gasteiger partial charge in [-0.25, -0.2) is 0 Å². The number of carbonyl (C=O) groups excluding carboxylic acids is 2. The molecular weight excluding hydrogens is 242 g/mol. The molecule has 5 nitrogen and oxygen atoms in total. The summed E-state index contributed by atoms with van der Waals surface area (Å²) < 4.78 is 0. The lowest BCUT2D eigenvalue weighted by Crippen LogP contribution is -2.33. The molecule has 0 aliphatic carbocycles. The first-order valence-electron chi connectivity index (χ1n) is 5.08. The molecule has 0 saturated carbocycles. The molecular formula is C11H14ClN3O2. The van der Waals surface area contributed by atoms with Crippen molar-refractivity contribution in [2.75, 3.05) is 18.8 Å². The molecule has 0 heterocycles. The van der Waals surface area contributed by atoms with Crippen LogP contribution < -0.4 is 16.4 Å². The number of nitrogen functional groups attached to an aromatic ring is 1. The maximum absolute atomic E-state index is 11.7. The van der Waals surface area contributed by atoms with Gasteiger partial charge in [0.25, 0.3) is 5.91 Å². The number of carbonyl (C=O) groups is 2. The van der Waals surface area contributed by atoms with E-state index in [1.165, 1.54) is 13.0 Å². The van der Waals surface area contributed by atoms with Gasteiger partial charge in [-0.2, -0.15) is 0 Å². The molecule has 0 fully saturated rings. The molecule has 4 N–H and O–H groups in total. The Kier molecular flexibility index (Phi) is 4.78. The molecule has 2 amide bonds. The van der Waals surface area contributed by atoms with Gasteiger partial charge in [-0.15, -0.1) is 0 Å². The van der Waals surface area contributed by atoms with Crippen LogP contribution in [0.2, 0.25) is 5.02 Å². The number of nitrogens with two attached hydrogens (primary N) is 1. The van der Waals surface area contributed by atoms with Crippen molar-refractivity contribution < 1.29 is 9.59 Å². The summed E-state index contributed by atoms with van der Waals surface area (Å²) in [5, 5.41) is 5.65. The van der Waals surface area contributed by atoms with E-state index in [1.807, 2.05) is 0 Å². The lowest BCUT2D eigenvalue weighted by atomic mass is 10.1. The highest BCUT2D eigenvalue weighted by atomic mass is 35.5. The molecule has 0 bridgehead atoms. The predicted molar refractivity (Wildman–Crippen MR) is 66.9 cm³/mol. The lowest BCUT2D eigenvalue weighted by molar-refractivity contribution is -0.118. The van der Waals surface area contributed by atoms with Crippen molar-refractivity contribution in [2.24, 2.45) is 0 Å². The molecule has 0 unspecified atom stereocenters. The van der Waals surface area contributed by atoms with Crippen LogP contribution in [0.5, 0.6) is 0 Å². The Morgan fingerprint density at radius 2 is 1.94 bits per heavy atom. The van der Waals surface area contributed by atoms with Crippen molar-refractivity contribution in [3.63, 3.8) is 0 Å². The van der Waals surface area contributed by atoms with Crippen LogP contribution in [0.25, 0.3) is 0 Å². The zero-order valence-electron chi connectivity index (χ0n) is 9.42. The number of rotatable bonds is 4. The molecule has 92 valence electrons. The summed E-state index contributed by atoms with van der Waals surface area (Å²) >= 11 is 5.77. The van der Waals surface area contributed by atoms with Crippen molar-refractivity contribution in [1.82, 2.24) is 10.6 Å². The Balaban J connectivity index is 2.52. The van der Waals surface area contributed by atoms with Gasteiger partial charge in [-0.1, -0.05) is 11.6 Å². The number of amides is 2. The highest BCUT2D eigenvalue weighted by molar-refractivity contribution is 6.31. The summed E-state index contributed by atoms with van der Waals surface area (Å²) in [6.07, 6.45) is 0. The molecule has 17 heavy (non-hydrogen) atoms. The summed E-state index contributed by atoms with van der Waals surface area (Å²) in [5.74, 6) is -0.447. The molecule has 0 aliphatic rings. The van der Waals surface area contributed by atoms with Crippen molar-refractivity contribution >= 4 is 29.1 Å². The number of benzene rings is 1. The SMILES string of the molecule is CC(=O)NCCNC(=O)c1cc(Cl)ccc1N. The van der Waals surface area contributed by atoms with Crippen LogP contribution in [-0.2, 0) is 4.79 Å². The van der Waals surface area contributed by atoms with Crippen LogP contribution in [0.3, 0.4) is 0 Å². The molecule has 0 atom stereocenters. The van der Waals surface area contributed by atoms with Crippen LogP contribution in [0, 0.1) is 0 Å². The zero-order valence-corrected chi connectivity index (χ0v) is 10.2. The maximum Gasteiger partial charge on any atom is 0.253 e. The fourth-order valence-electron chi connectivity index (χ4n) is 1.23. The highest BCUT2D eigenvalue weighted by Gasteiger charge is 2.09. The Bertz CT molecular complexity index is 435. The fraction of sp³-hybridized carbons (Fsp3) is 0.273. The third-order valence-corrected chi connectivity index (χ3v) is 2.28. The fourth-order valence-corrected chi connectivity index (χ4v) is 1.41. The number of hydrogen-bond acceptors (Lipinski definition) is 3. The Labute approximate surface area is 104 Å². The van der Waals surface area contributed by atoms with Crippen LogP contribution in [0.15, 0.2) is 18.2 Å². The van der Waals surface area contributed by atoms with E-state index in [4.69, 9.17) is 17.3 Å². The number of hydrogen-bond donors (Lipinski definition) is 3. The van der Waals surface area contributed by atoms with Crippen molar-refractivity contribution in [3.8, 4) is 0 Å². The summed E-state index contributed by atoms with van der Waals surface area (Å²) in [6.45, 7) is 2.13. The number of nitrogens with one attached hydrogen (secondary N) is 2. The largest absolute Gasteiger partial charge is 0.398 e. The van der Waals surface area contributed by atoms with Crippen LogP contribution >= 0.6 is 11.6 Å². The molecule has 1 rings (SSSR count). The molecule has 0 spiro atoms. The van der Waals surface area contributed by atoms with E-state index >= 15 is 0 Å². The second kappa shape index (κ2) is 6.10. The Morgan fingerprint density at radius 1 is 1.29 bits per heavy atom. The minimum absolute atomic E-state index is 0.137. The molecule has 6 heteroatoms. The second-order valence-corrected chi connectivity index (χ2v) is 3.91. The van der Waals surface area contributed by atoms with Crippen LogP contribution in [-0.4, -0.2) is 24.9 Å². The van der Waals surface area contributed by atoms with E-state index in [2.05, 4.69) is 10.6 Å². The van der Waals surface area contributed by atoms with Crippen molar-refractivity contribution in [2.45, 2.75) is 6.92 Å². The standard InChI is InChI=1S/C11H14ClN3O2/c1-7(16)14-4-5-15-11(17)9-6-8(12)2-3-10(9)13/h2-3,6H,4-5,13H2,1H3,(H,14,16)(H,15,17). The van der Waals surface area contributed by atoms with Gasteiger partial charge in [0, 0.05) is 30.7 Å². The molecule has 0 radical (unpaired) electrons. The first kappa shape index (κ1) is 13.3. The second-order valence-electron chi connectivity index (χ2n) is 3.47. The maximum atomic E-state index is 11.7. The third kappa shape index (κ3) is 4.32. The third-order valence-electron chi connectivity index (χ3n) is 2.04. The van der Waals surface area contributed by atoms with Gasteiger partial charge in [0.1, 0.15) is 0 Å². The Hall–Kier alpha value is -1.75. The number of halogens is 1. The molecule has 1 aromatic carbocycles. The van der Waals surface area contributed by atoms with E-state index < -0.39 is 0 Å². The van der Waals surface area contributed by atoms with E-state index in [0.717, 1.165) is 0 Å². The van der Waals surface area contributed by atoms with Gasteiger partial charge < -0.3 is 16.4 Å². The normalized spacial score (nSPS) is 9.76. The molecule has 0 saturated heterocycles. The van der Waals surface area contributed by atoms with Gasteiger partial charge >= 0.3 is 0 Å². The average Bonchev–Trinajstić information content (AvgIpc) is 2.27. The van der Waals surface area contributed by atoms with Gasteiger partial charge in [0.15, 0.2) is 0 Å². The quantitative estimate of drug-likeness (QED) is 0.549. The smallest absolute Gasteiger partial charge is 0.253 e. The molecule has 1 aromatic rings. The van der Waals surface area contributed by atoms with Crippen molar-refractivity contribution in [3.05, 3.63) is 28.8 Å². The molecule has 0 aromatic heterocycles. The van der Waals surface area contributed by atoms with Crippen molar-refractivity contribution in [1.29, 1.82) is 0 Å². The minimum atomic E-state index is -0.310. The predicted octanol–water partition coefficient (Wildman–Crippen LogP) is 0.788. The van der Waals surface area contributed by atoms with E-state index in [1.54, 1.807) is 12.1 Å². The first-order valence-corrected chi connectivity index (χ1v) is 5.46. The van der Waals surface area contributed by atoms with E-state index in [0.29, 0.717) is 29.4 Å². The van der Waals surface area contributed by atoms with E-state index in [-0.39, 0.29) is 11.8 Å². The topological polar surface area (TPSA) is 84.2 Å². The van der Waals surface area contributed by atoms with Gasteiger partial charge in [-0.3, -0.25) is 9.59 Å². The summed E-state index contributed by atoms with van der Waals surface area (Å²) in [7, 11) is 0. The van der Waals surface area contributed by atoms with Gasteiger partial charge in [0.2, 0.25) is 5.91 Å². The minimum Gasteiger partial charge on any atom is -0.398 e. The average molecular weight is 256 g/mol. The zero-order chi connectivity index (χ0) is 12.8. The van der Waals surface area contributed by atoms with Gasteiger partial charge in [-0.05, 0) is 18.2 Å². The first-order chi connectivity index (χ1) is 8.00. The summed E-state index contributed by atoms with van der Waals surface area (Å²) in [4.78, 5) is 22.3. The lowest BCUT2D eigenvalue weighted by Gasteiger charge is -2.08. The van der Waals surface area contributed by atoms with Crippen LogP contribution in [0.1, 0.15) is 17.3 Å². The van der Waals surface area contributed by atoms with E-state index in [9.17, 15) is 9.59 Å². The molecule has 0 aliphatic heterocycles. The number of anilines is 1. The Morgan fingerprint density at radius 3 is 2.59 bits per heavy atom. The summed E-state index contributed by atoms with van der Waals surface area (Å²) in [5.41, 5.74) is 6.35. The monoisotopic (exact) mass is 255 g/mol. The van der Waals surface area contributed by atoms with Crippen LogP contribution in [0.4, 0.5) is 5.69 Å². The van der Waals surface area contributed by atoms with Gasteiger partial charge in [0.05, 0.1) is 5.56 Å².